The first kappa shape index (κ1) is 12.7. The molecular weight excluding hydrogens is 210 g/mol. The van der Waals surface area contributed by atoms with E-state index in [1.165, 1.54) is 0 Å². The van der Waals surface area contributed by atoms with Crippen LogP contribution in [0.3, 0.4) is 0 Å². The molecule has 1 aromatic heterocycles. The fourth-order valence-electron chi connectivity index (χ4n) is 1.39. The van der Waals surface area contributed by atoms with Gasteiger partial charge in [0.25, 0.3) is 0 Å². The Kier molecular flexibility index (Phi) is 4.49. The van der Waals surface area contributed by atoms with Gasteiger partial charge in [0, 0.05) is 13.5 Å². The molecule has 1 aromatic rings. The summed E-state index contributed by atoms with van der Waals surface area (Å²) in [5, 5.41) is 8.95. The summed E-state index contributed by atoms with van der Waals surface area (Å²) in [6.07, 6.45) is 1.10. The van der Waals surface area contributed by atoms with Crippen LogP contribution < -0.4 is 0 Å². The lowest BCUT2D eigenvalue weighted by Crippen LogP contribution is -2.03. The quantitative estimate of drug-likeness (QED) is 0.801. The average Bonchev–Trinajstić information content (AvgIpc) is 2.57. The van der Waals surface area contributed by atoms with Crippen molar-refractivity contribution in [2.24, 2.45) is 5.92 Å². The zero-order chi connectivity index (χ0) is 12.1. The van der Waals surface area contributed by atoms with Crippen LogP contribution in [0.1, 0.15) is 36.0 Å². The van der Waals surface area contributed by atoms with Gasteiger partial charge in [-0.05, 0) is 12.3 Å². The summed E-state index contributed by atoms with van der Waals surface area (Å²) in [5.74, 6) is -0.333. The average molecular weight is 227 g/mol. The Labute approximate surface area is 94.4 Å². The van der Waals surface area contributed by atoms with Crippen LogP contribution in [0.15, 0.2) is 4.42 Å². The Hall–Kier alpha value is -1.36. The van der Waals surface area contributed by atoms with E-state index in [0.29, 0.717) is 37.0 Å². The van der Waals surface area contributed by atoms with Crippen molar-refractivity contribution in [3.8, 4) is 0 Å². The standard InChI is InChI=1S/C11H17NO4/c1-7(2)6-8-10(11(13)14)16-9(12-8)4-5-15-3/h7H,4-6H2,1-3H3,(H,13,14). The van der Waals surface area contributed by atoms with E-state index in [1.54, 1.807) is 7.11 Å². The predicted molar refractivity (Wildman–Crippen MR) is 57.6 cm³/mol. The lowest BCUT2D eigenvalue weighted by molar-refractivity contribution is 0.0657. The number of methoxy groups -OCH3 is 1. The molecule has 1 rings (SSSR count). The van der Waals surface area contributed by atoms with Crippen LogP contribution in [0.2, 0.25) is 0 Å². The Morgan fingerprint density at radius 2 is 2.25 bits per heavy atom. The molecule has 0 atom stereocenters. The Morgan fingerprint density at radius 1 is 1.56 bits per heavy atom. The van der Waals surface area contributed by atoms with Gasteiger partial charge in [-0.3, -0.25) is 0 Å². The third kappa shape index (κ3) is 3.34. The molecule has 0 spiro atoms. The highest BCUT2D eigenvalue weighted by Gasteiger charge is 2.19. The molecule has 0 aromatic carbocycles. The maximum absolute atomic E-state index is 10.9. The number of hydrogen-bond acceptors (Lipinski definition) is 4. The summed E-state index contributed by atoms with van der Waals surface area (Å²) in [5.41, 5.74) is 0.522. The van der Waals surface area contributed by atoms with E-state index >= 15 is 0 Å². The molecule has 0 bridgehead atoms. The first-order valence-corrected chi connectivity index (χ1v) is 5.25. The minimum absolute atomic E-state index is 0.0418. The molecule has 0 unspecified atom stereocenters. The number of aromatic nitrogens is 1. The maximum Gasteiger partial charge on any atom is 0.373 e. The van der Waals surface area contributed by atoms with Crippen molar-refractivity contribution in [3.05, 3.63) is 17.3 Å². The number of carboxylic acid groups (broad SMARTS) is 1. The Balaban J connectivity index is 2.86. The molecule has 1 N–H and O–H groups in total. The molecule has 5 heteroatoms. The largest absolute Gasteiger partial charge is 0.475 e. The van der Waals surface area contributed by atoms with Crippen LogP contribution in [-0.4, -0.2) is 29.8 Å². The van der Waals surface area contributed by atoms with Crippen molar-refractivity contribution < 1.29 is 19.1 Å². The highest BCUT2D eigenvalue weighted by atomic mass is 16.5. The van der Waals surface area contributed by atoms with Crippen LogP contribution in [0, 0.1) is 5.92 Å². The van der Waals surface area contributed by atoms with Crippen LogP contribution in [0.5, 0.6) is 0 Å². The fourth-order valence-corrected chi connectivity index (χ4v) is 1.39. The topological polar surface area (TPSA) is 72.6 Å². The Morgan fingerprint density at radius 3 is 2.75 bits per heavy atom. The van der Waals surface area contributed by atoms with Gasteiger partial charge in [-0.25, -0.2) is 9.78 Å². The van der Waals surface area contributed by atoms with E-state index in [-0.39, 0.29) is 5.76 Å². The van der Waals surface area contributed by atoms with Gasteiger partial charge in [-0.1, -0.05) is 13.8 Å². The number of oxazole rings is 1. The first-order valence-electron chi connectivity index (χ1n) is 5.25. The molecule has 0 aliphatic carbocycles. The maximum atomic E-state index is 10.9. The summed E-state index contributed by atoms with van der Waals surface area (Å²) in [7, 11) is 1.58. The van der Waals surface area contributed by atoms with Gasteiger partial charge >= 0.3 is 5.97 Å². The van der Waals surface area contributed by atoms with Crippen molar-refractivity contribution >= 4 is 5.97 Å². The van der Waals surface area contributed by atoms with Gasteiger partial charge in [0.05, 0.1) is 12.3 Å². The predicted octanol–water partition coefficient (Wildman–Crippen LogP) is 1.76. The molecule has 0 fully saturated rings. The second-order valence-corrected chi connectivity index (χ2v) is 4.03. The molecule has 5 nitrogen and oxygen atoms in total. The molecule has 90 valence electrons. The summed E-state index contributed by atoms with van der Waals surface area (Å²) in [6.45, 7) is 4.49. The zero-order valence-electron chi connectivity index (χ0n) is 9.82. The van der Waals surface area contributed by atoms with Gasteiger partial charge < -0.3 is 14.3 Å². The summed E-state index contributed by atoms with van der Waals surface area (Å²) >= 11 is 0. The van der Waals surface area contributed by atoms with E-state index in [0.717, 1.165) is 0 Å². The van der Waals surface area contributed by atoms with Gasteiger partial charge in [-0.15, -0.1) is 0 Å². The lowest BCUT2D eigenvalue weighted by atomic mass is 10.1. The smallest absolute Gasteiger partial charge is 0.373 e. The van der Waals surface area contributed by atoms with Crippen molar-refractivity contribution in [1.29, 1.82) is 0 Å². The van der Waals surface area contributed by atoms with Crippen molar-refractivity contribution in [3.63, 3.8) is 0 Å². The Bertz CT molecular complexity index is 357. The second-order valence-electron chi connectivity index (χ2n) is 4.03. The number of carboxylic acids is 1. The summed E-state index contributed by atoms with van der Waals surface area (Å²) < 4.78 is 10.1. The van der Waals surface area contributed by atoms with Crippen LogP contribution in [-0.2, 0) is 17.6 Å². The highest BCUT2D eigenvalue weighted by Crippen LogP contribution is 2.15. The minimum Gasteiger partial charge on any atom is -0.475 e. The number of aromatic carboxylic acids is 1. The minimum atomic E-state index is -1.06. The number of nitrogens with zero attached hydrogens (tertiary/aromatic N) is 1. The SMILES string of the molecule is COCCc1nc(CC(C)C)c(C(=O)O)o1. The van der Waals surface area contributed by atoms with E-state index in [4.69, 9.17) is 14.3 Å². The molecule has 0 saturated carbocycles. The molecule has 0 amide bonds. The number of rotatable bonds is 6. The number of ether oxygens (including phenoxy) is 1. The van der Waals surface area contributed by atoms with Crippen LogP contribution in [0.25, 0.3) is 0 Å². The van der Waals surface area contributed by atoms with Gasteiger partial charge in [0.1, 0.15) is 0 Å². The number of hydrogen-bond donors (Lipinski definition) is 1. The van der Waals surface area contributed by atoms with Gasteiger partial charge in [0.15, 0.2) is 5.89 Å². The molecule has 0 radical (unpaired) electrons. The molecular formula is C11H17NO4. The fraction of sp³-hybridized carbons (Fsp3) is 0.636. The van der Waals surface area contributed by atoms with E-state index < -0.39 is 5.97 Å². The highest BCUT2D eigenvalue weighted by molar-refractivity contribution is 5.85. The zero-order valence-corrected chi connectivity index (χ0v) is 9.82. The van der Waals surface area contributed by atoms with Crippen molar-refractivity contribution in [1.82, 2.24) is 4.98 Å². The van der Waals surface area contributed by atoms with E-state index in [9.17, 15) is 4.79 Å². The van der Waals surface area contributed by atoms with E-state index in [2.05, 4.69) is 4.98 Å². The van der Waals surface area contributed by atoms with Crippen molar-refractivity contribution in [2.45, 2.75) is 26.7 Å². The summed E-state index contributed by atoms with van der Waals surface area (Å²) in [4.78, 5) is 15.1. The molecule has 0 aliphatic rings. The first-order chi connectivity index (χ1) is 7.54. The molecule has 16 heavy (non-hydrogen) atoms. The summed E-state index contributed by atoms with van der Waals surface area (Å²) in [6, 6.07) is 0. The molecule has 1 heterocycles. The molecule has 0 aliphatic heterocycles. The van der Waals surface area contributed by atoms with E-state index in [1.807, 2.05) is 13.8 Å². The normalized spacial score (nSPS) is 11.0. The number of carbonyl (C=O) groups is 1. The monoisotopic (exact) mass is 227 g/mol. The van der Waals surface area contributed by atoms with Gasteiger partial charge in [-0.2, -0.15) is 0 Å². The third-order valence-corrected chi connectivity index (χ3v) is 2.06. The van der Waals surface area contributed by atoms with Crippen LogP contribution >= 0.6 is 0 Å². The second kappa shape index (κ2) is 5.65. The van der Waals surface area contributed by atoms with Gasteiger partial charge in [0.2, 0.25) is 5.76 Å². The molecule has 0 saturated heterocycles. The lowest BCUT2D eigenvalue weighted by Gasteiger charge is -2.00. The third-order valence-electron chi connectivity index (χ3n) is 2.06. The van der Waals surface area contributed by atoms with Crippen molar-refractivity contribution in [2.75, 3.05) is 13.7 Å². The van der Waals surface area contributed by atoms with Crippen LogP contribution in [0.4, 0.5) is 0 Å².